The molecule has 1 aromatic rings. The molecule has 0 amide bonds. The molecule has 3 rings (SSSR count). The third-order valence-electron chi connectivity index (χ3n) is 5.21. The Kier molecular flexibility index (Phi) is 4.45. The maximum Gasteiger partial charge on any atom is 0.146 e. The molecule has 2 aliphatic heterocycles. The van der Waals surface area contributed by atoms with Crippen LogP contribution >= 0.6 is 0 Å². The van der Waals surface area contributed by atoms with Crippen molar-refractivity contribution < 1.29 is 4.39 Å². The van der Waals surface area contributed by atoms with Gasteiger partial charge in [0.25, 0.3) is 0 Å². The summed E-state index contributed by atoms with van der Waals surface area (Å²) in [6.07, 6.45) is 2.53. The van der Waals surface area contributed by atoms with Crippen molar-refractivity contribution in [1.29, 1.82) is 0 Å². The summed E-state index contributed by atoms with van der Waals surface area (Å²) >= 11 is 0. The monoisotopic (exact) mass is 291 g/mol. The summed E-state index contributed by atoms with van der Waals surface area (Å²) in [6, 6.07) is 7.12. The molecule has 2 heterocycles. The SMILES string of the molecule is CCC1(CN2CCN(c3ccccc3F)CC2)CCNC1. The smallest absolute Gasteiger partial charge is 0.146 e. The van der Waals surface area contributed by atoms with Crippen LogP contribution in [0.25, 0.3) is 0 Å². The van der Waals surface area contributed by atoms with E-state index in [4.69, 9.17) is 0 Å². The average Bonchev–Trinajstić information content (AvgIpc) is 2.98. The maximum atomic E-state index is 13.9. The van der Waals surface area contributed by atoms with Crippen molar-refractivity contribution in [3.63, 3.8) is 0 Å². The molecule has 0 bridgehead atoms. The van der Waals surface area contributed by atoms with Crippen LogP contribution in [0.2, 0.25) is 0 Å². The second kappa shape index (κ2) is 6.32. The van der Waals surface area contributed by atoms with Gasteiger partial charge in [0.05, 0.1) is 5.69 Å². The van der Waals surface area contributed by atoms with E-state index in [1.54, 1.807) is 12.1 Å². The molecule has 3 nitrogen and oxygen atoms in total. The Bertz CT molecular complexity index is 463. The highest BCUT2D eigenvalue weighted by atomic mass is 19.1. The van der Waals surface area contributed by atoms with E-state index in [-0.39, 0.29) is 5.82 Å². The molecule has 1 unspecified atom stereocenters. The molecule has 21 heavy (non-hydrogen) atoms. The number of nitrogens with one attached hydrogen (secondary N) is 1. The Hall–Kier alpha value is -1.13. The molecule has 1 atom stereocenters. The minimum Gasteiger partial charge on any atom is -0.367 e. The van der Waals surface area contributed by atoms with E-state index >= 15 is 0 Å². The van der Waals surface area contributed by atoms with Crippen molar-refractivity contribution in [3.8, 4) is 0 Å². The highest BCUT2D eigenvalue weighted by Crippen LogP contribution is 2.31. The second-order valence-corrected chi connectivity index (χ2v) is 6.49. The van der Waals surface area contributed by atoms with Crippen molar-refractivity contribution in [1.82, 2.24) is 10.2 Å². The zero-order chi connectivity index (χ0) is 14.7. The molecule has 0 radical (unpaired) electrons. The predicted octanol–water partition coefficient (Wildman–Crippen LogP) is 2.34. The number of nitrogens with zero attached hydrogens (tertiary/aromatic N) is 2. The molecule has 1 aromatic carbocycles. The van der Waals surface area contributed by atoms with Crippen molar-refractivity contribution in [3.05, 3.63) is 30.1 Å². The van der Waals surface area contributed by atoms with Gasteiger partial charge in [-0.15, -0.1) is 0 Å². The fourth-order valence-corrected chi connectivity index (χ4v) is 3.67. The molecule has 2 fully saturated rings. The lowest BCUT2D eigenvalue weighted by atomic mass is 9.83. The molecule has 116 valence electrons. The number of hydrogen-bond acceptors (Lipinski definition) is 3. The van der Waals surface area contributed by atoms with E-state index in [0.29, 0.717) is 5.41 Å². The van der Waals surface area contributed by atoms with Gasteiger partial charge in [0.2, 0.25) is 0 Å². The summed E-state index contributed by atoms with van der Waals surface area (Å²) in [7, 11) is 0. The van der Waals surface area contributed by atoms with Gasteiger partial charge in [-0.3, -0.25) is 4.90 Å². The third kappa shape index (κ3) is 3.22. The lowest BCUT2D eigenvalue weighted by molar-refractivity contribution is 0.151. The highest BCUT2D eigenvalue weighted by molar-refractivity contribution is 5.47. The van der Waals surface area contributed by atoms with E-state index in [9.17, 15) is 4.39 Å². The Labute approximate surface area is 127 Å². The largest absolute Gasteiger partial charge is 0.367 e. The first-order valence-corrected chi connectivity index (χ1v) is 8.15. The molecule has 0 aliphatic carbocycles. The van der Waals surface area contributed by atoms with Crippen LogP contribution in [0.1, 0.15) is 19.8 Å². The van der Waals surface area contributed by atoms with Gasteiger partial charge in [-0.1, -0.05) is 19.1 Å². The normalized spacial score (nSPS) is 27.2. The van der Waals surface area contributed by atoms with E-state index in [0.717, 1.165) is 45.0 Å². The van der Waals surface area contributed by atoms with Crippen LogP contribution in [0.15, 0.2) is 24.3 Å². The van der Waals surface area contributed by atoms with Crippen LogP contribution in [-0.2, 0) is 0 Å². The minimum absolute atomic E-state index is 0.101. The Morgan fingerprint density at radius 2 is 1.95 bits per heavy atom. The summed E-state index contributed by atoms with van der Waals surface area (Å²) < 4.78 is 13.9. The maximum absolute atomic E-state index is 13.9. The topological polar surface area (TPSA) is 18.5 Å². The number of piperazine rings is 1. The van der Waals surface area contributed by atoms with Crippen LogP contribution in [0.3, 0.4) is 0 Å². The molecular formula is C17H26FN3. The standard InChI is InChI=1S/C17H26FN3/c1-2-17(7-8-19-13-17)14-20-9-11-21(12-10-20)16-6-4-3-5-15(16)18/h3-6,19H,2,7-14H2,1H3. The summed E-state index contributed by atoms with van der Waals surface area (Å²) in [4.78, 5) is 4.74. The molecular weight excluding hydrogens is 265 g/mol. The Morgan fingerprint density at radius 3 is 2.57 bits per heavy atom. The van der Waals surface area contributed by atoms with Crippen LogP contribution < -0.4 is 10.2 Å². The number of rotatable bonds is 4. The van der Waals surface area contributed by atoms with Gasteiger partial charge in [-0.2, -0.15) is 0 Å². The number of benzene rings is 1. The molecule has 4 heteroatoms. The summed E-state index contributed by atoms with van der Waals surface area (Å²) in [5, 5.41) is 3.51. The number of halogens is 1. The van der Waals surface area contributed by atoms with Gasteiger partial charge in [0.15, 0.2) is 0 Å². The molecule has 0 spiro atoms. The fourth-order valence-electron chi connectivity index (χ4n) is 3.67. The first-order chi connectivity index (χ1) is 10.2. The lowest BCUT2D eigenvalue weighted by Gasteiger charge is -2.40. The van der Waals surface area contributed by atoms with E-state index in [1.165, 1.54) is 19.4 Å². The molecule has 0 saturated carbocycles. The average molecular weight is 291 g/mol. The lowest BCUT2D eigenvalue weighted by Crippen LogP contribution is -2.50. The molecule has 2 saturated heterocycles. The van der Waals surface area contributed by atoms with Crippen molar-refractivity contribution in [2.45, 2.75) is 19.8 Å². The second-order valence-electron chi connectivity index (χ2n) is 6.49. The van der Waals surface area contributed by atoms with Gasteiger partial charge >= 0.3 is 0 Å². The number of para-hydroxylation sites is 1. The first kappa shape index (κ1) is 14.8. The summed E-state index contributed by atoms with van der Waals surface area (Å²) in [5.74, 6) is -0.101. The van der Waals surface area contributed by atoms with Gasteiger partial charge in [-0.25, -0.2) is 4.39 Å². The van der Waals surface area contributed by atoms with Crippen LogP contribution in [0.4, 0.5) is 10.1 Å². The van der Waals surface area contributed by atoms with E-state index < -0.39 is 0 Å². The van der Waals surface area contributed by atoms with Crippen LogP contribution in [0.5, 0.6) is 0 Å². The van der Waals surface area contributed by atoms with Gasteiger partial charge < -0.3 is 10.2 Å². The van der Waals surface area contributed by atoms with Gasteiger partial charge in [-0.05, 0) is 36.9 Å². The quantitative estimate of drug-likeness (QED) is 0.918. The van der Waals surface area contributed by atoms with E-state index in [2.05, 4.69) is 22.0 Å². The van der Waals surface area contributed by atoms with Crippen LogP contribution in [0, 0.1) is 11.2 Å². The molecule has 0 aromatic heterocycles. The number of hydrogen-bond donors (Lipinski definition) is 1. The number of anilines is 1. The van der Waals surface area contributed by atoms with Gasteiger partial charge in [0, 0.05) is 39.3 Å². The molecule has 1 N–H and O–H groups in total. The van der Waals surface area contributed by atoms with Crippen molar-refractivity contribution in [2.75, 3.05) is 50.7 Å². The van der Waals surface area contributed by atoms with E-state index in [1.807, 2.05) is 12.1 Å². The zero-order valence-corrected chi connectivity index (χ0v) is 12.9. The summed E-state index contributed by atoms with van der Waals surface area (Å²) in [5.41, 5.74) is 1.21. The van der Waals surface area contributed by atoms with Gasteiger partial charge in [0.1, 0.15) is 5.82 Å². The Morgan fingerprint density at radius 1 is 1.19 bits per heavy atom. The van der Waals surface area contributed by atoms with Crippen molar-refractivity contribution >= 4 is 5.69 Å². The predicted molar refractivity (Wildman–Crippen MR) is 85.3 cm³/mol. The summed E-state index contributed by atoms with van der Waals surface area (Å²) in [6.45, 7) is 9.72. The Balaban J connectivity index is 1.57. The highest BCUT2D eigenvalue weighted by Gasteiger charge is 2.34. The van der Waals surface area contributed by atoms with Crippen molar-refractivity contribution in [2.24, 2.45) is 5.41 Å². The van der Waals surface area contributed by atoms with Crippen LogP contribution in [-0.4, -0.2) is 50.7 Å². The first-order valence-electron chi connectivity index (χ1n) is 8.15. The molecule has 2 aliphatic rings. The minimum atomic E-state index is -0.101. The zero-order valence-electron chi connectivity index (χ0n) is 12.9. The third-order valence-corrected chi connectivity index (χ3v) is 5.21. The fraction of sp³-hybridized carbons (Fsp3) is 0.647.